The van der Waals surface area contributed by atoms with E-state index in [1.165, 1.54) is 12.1 Å². The first-order valence-corrected chi connectivity index (χ1v) is 10.1. The van der Waals surface area contributed by atoms with E-state index in [9.17, 15) is 14.3 Å². The Morgan fingerprint density at radius 3 is 2.69 bits per heavy atom. The Labute approximate surface area is 170 Å². The average molecular weight is 395 g/mol. The van der Waals surface area contributed by atoms with Crippen molar-refractivity contribution in [2.24, 2.45) is 23.7 Å². The number of hydrogen-bond acceptors (Lipinski definition) is 4. The number of rotatable bonds is 3. The molecule has 0 bridgehead atoms. The van der Waals surface area contributed by atoms with Crippen LogP contribution in [0.1, 0.15) is 32.9 Å². The minimum atomic E-state index is -1.41. The number of pyridine rings is 1. The largest absolute Gasteiger partial charge is 0.460 e. The number of aromatic nitrogens is 1. The number of aliphatic hydroxyl groups is 1. The van der Waals surface area contributed by atoms with Crippen molar-refractivity contribution in [2.75, 3.05) is 0 Å². The van der Waals surface area contributed by atoms with E-state index in [-0.39, 0.29) is 29.7 Å². The number of carbonyl (C=O) groups is 1. The summed E-state index contributed by atoms with van der Waals surface area (Å²) >= 11 is 0. The molecule has 152 valence electrons. The van der Waals surface area contributed by atoms with Crippen LogP contribution < -0.4 is 0 Å². The third-order valence-electron chi connectivity index (χ3n) is 6.69. The highest BCUT2D eigenvalue weighted by Gasteiger charge is 2.61. The lowest BCUT2D eigenvalue weighted by Crippen LogP contribution is -2.52. The Bertz CT molecular complexity index is 941. The molecule has 2 fully saturated rings. The maximum absolute atomic E-state index is 13.4. The van der Waals surface area contributed by atoms with Crippen LogP contribution in [0.5, 0.6) is 0 Å². The van der Waals surface area contributed by atoms with Gasteiger partial charge in [0.05, 0.1) is 5.69 Å². The maximum atomic E-state index is 13.4. The van der Waals surface area contributed by atoms with Crippen molar-refractivity contribution in [3.8, 4) is 11.1 Å². The quantitative estimate of drug-likeness (QED) is 0.778. The van der Waals surface area contributed by atoms with E-state index < -0.39 is 11.6 Å². The molecule has 0 radical (unpaired) electrons. The molecule has 2 heterocycles. The molecule has 2 aliphatic rings. The van der Waals surface area contributed by atoms with Crippen molar-refractivity contribution < 1.29 is 19.0 Å². The lowest BCUT2D eigenvalue weighted by molar-refractivity contribution is -0.160. The van der Waals surface area contributed by atoms with Gasteiger partial charge in [-0.25, -0.2) is 9.18 Å². The van der Waals surface area contributed by atoms with Crippen LogP contribution in [0.3, 0.4) is 0 Å². The lowest BCUT2D eigenvalue weighted by Gasteiger charge is -2.44. The van der Waals surface area contributed by atoms with Crippen molar-refractivity contribution in [3.05, 3.63) is 60.2 Å². The summed E-state index contributed by atoms with van der Waals surface area (Å²) in [6, 6.07) is 10.2. The highest BCUT2D eigenvalue weighted by Crippen LogP contribution is 2.51. The highest BCUT2D eigenvalue weighted by atomic mass is 19.1. The van der Waals surface area contributed by atoms with Gasteiger partial charge in [-0.15, -0.1) is 0 Å². The molecule has 2 aromatic rings. The van der Waals surface area contributed by atoms with Gasteiger partial charge < -0.3 is 9.84 Å². The van der Waals surface area contributed by atoms with Gasteiger partial charge in [0.1, 0.15) is 11.9 Å². The van der Waals surface area contributed by atoms with Crippen molar-refractivity contribution in [1.82, 2.24) is 4.98 Å². The molecule has 5 heteroatoms. The van der Waals surface area contributed by atoms with E-state index in [1.807, 2.05) is 31.2 Å². The zero-order chi connectivity index (χ0) is 20.8. The summed E-state index contributed by atoms with van der Waals surface area (Å²) in [7, 11) is 0. The van der Waals surface area contributed by atoms with Gasteiger partial charge in [0.15, 0.2) is 5.60 Å². The molecule has 1 aliphatic carbocycles. The van der Waals surface area contributed by atoms with E-state index in [4.69, 9.17) is 4.74 Å². The van der Waals surface area contributed by atoms with Crippen LogP contribution in [-0.2, 0) is 9.53 Å². The second kappa shape index (κ2) is 7.38. The van der Waals surface area contributed by atoms with Crippen LogP contribution in [0.25, 0.3) is 17.2 Å². The van der Waals surface area contributed by atoms with Crippen molar-refractivity contribution in [1.29, 1.82) is 0 Å². The molecular formula is C24H26FNO3. The Morgan fingerprint density at radius 2 is 2.00 bits per heavy atom. The SMILES string of the molecule is C[C@H]1[C@H](/C=C/c2ccc(-c3cccc(F)c3)cn2)[C@@H]2[C@@H](C)OC(=O)[C@]2(O)C[C@@H]1C. The summed E-state index contributed by atoms with van der Waals surface area (Å²) in [5.41, 5.74) is 0.994. The molecule has 1 N–H and O–H groups in total. The van der Waals surface area contributed by atoms with Gasteiger partial charge in [-0.2, -0.15) is 0 Å². The number of allylic oxidation sites excluding steroid dienone is 1. The molecule has 1 aliphatic heterocycles. The summed E-state index contributed by atoms with van der Waals surface area (Å²) in [5, 5.41) is 11.0. The molecule has 0 unspecified atom stereocenters. The number of esters is 1. The maximum Gasteiger partial charge on any atom is 0.338 e. The smallest absolute Gasteiger partial charge is 0.338 e. The van der Waals surface area contributed by atoms with E-state index in [2.05, 4.69) is 24.9 Å². The van der Waals surface area contributed by atoms with Gasteiger partial charge in [0.25, 0.3) is 0 Å². The summed E-state index contributed by atoms with van der Waals surface area (Å²) in [4.78, 5) is 16.8. The monoisotopic (exact) mass is 395 g/mol. The molecule has 0 spiro atoms. The molecule has 29 heavy (non-hydrogen) atoms. The standard InChI is InChI=1S/C24H26FNO3/c1-14-12-24(28)22(16(3)29-23(24)27)21(15(14)2)10-9-20-8-7-18(13-26-20)17-5-4-6-19(25)11-17/h4-11,13-16,21-22,28H,12H2,1-3H3/b10-9+/t14-,15+,16+,21-,22-,24-/m0/s1. The van der Waals surface area contributed by atoms with Gasteiger partial charge in [-0.05, 0) is 60.9 Å². The minimum absolute atomic E-state index is 0.00916. The second-order valence-electron chi connectivity index (χ2n) is 8.52. The molecule has 1 aromatic heterocycles. The number of cyclic esters (lactones) is 1. The number of benzene rings is 1. The molecule has 1 saturated heterocycles. The molecule has 1 saturated carbocycles. The molecule has 1 aromatic carbocycles. The minimum Gasteiger partial charge on any atom is -0.460 e. The van der Waals surface area contributed by atoms with Crippen LogP contribution in [0.2, 0.25) is 0 Å². The van der Waals surface area contributed by atoms with Crippen molar-refractivity contribution >= 4 is 12.0 Å². The fraction of sp³-hybridized carbons (Fsp3) is 0.417. The number of hydrogen-bond donors (Lipinski definition) is 1. The van der Waals surface area contributed by atoms with Crippen molar-refractivity contribution in [2.45, 2.75) is 38.9 Å². The van der Waals surface area contributed by atoms with E-state index in [0.29, 0.717) is 12.3 Å². The number of fused-ring (bicyclic) bond motifs is 1. The predicted octanol–water partition coefficient (Wildman–Crippen LogP) is 4.49. The molecule has 0 amide bonds. The Hall–Kier alpha value is -2.53. The van der Waals surface area contributed by atoms with Crippen LogP contribution in [0.15, 0.2) is 48.7 Å². The third-order valence-corrected chi connectivity index (χ3v) is 6.69. The number of ether oxygens (including phenoxy) is 1. The van der Waals surface area contributed by atoms with Crippen LogP contribution in [0, 0.1) is 29.5 Å². The number of halogens is 1. The molecular weight excluding hydrogens is 369 g/mol. The molecule has 6 atom stereocenters. The fourth-order valence-corrected chi connectivity index (χ4v) is 4.95. The van der Waals surface area contributed by atoms with Crippen LogP contribution >= 0.6 is 0 Å². The Balaban J connectivity index is 1.58. The fourth-order valence-electron chi connectivity index (χ4n) is 4.95. The zero-order valence-electron chi connectivity index (χ0n) is 16.9. The van der Waals surface area contributed by atoms with E-state index in [0.717, 1.165) is 16.8 Å². The van der Waals surface area contributed by atoms with E-state index in [1.54, 1.807) is 12.3 Å². The Kier molecular flexibility index (Phi) is 5.03. The van der Waals surface area contributed by atoms with Crippen molar-refractivity contribution in [3.63, 3.8) is 0 Å². The lowest BCUT2D eigenvalue weighted by atomic mass is 9.60. The normalized spacial score (nSPS) is 34.2. The van der Waals surface area contributed by atoms with Gasteiger partial charge in [-0.3, -0.25) is 4.98 Å². The van der Waals surface area contributed by atoms with Gasteiger partial charge in [0, 0.05) is 17.7 Å². The summed E-state index contributed by atoms with van der Waals surface area (Å²) in [5.74, 6) is -0.516. The topological polar surface area (TPSA) is 59.4 Å². The van der Waals surface area contributed by atoms with E-state index >= 15 is 0 Å². The summed E-state index contributed by atoms with van der Waals surface area (Å²) in [6.07, 6.45) is 5.83. The van der Waals surface area contributed by atoms with Gasteiger partial charge in [0.2, 0.25) is 0 Å². The third kappa shape index (κ3) is 3.48. The van der Waals surface area contributed by atoms with Gasteiger partial charge in [-0.1, -0.05) is 38.1 Å². The predicted molar refractivity (Wildman–Crippen MR) is 109 cm³/mol. The van der Waals surface area contributed by atoms with Crippen LogP contribution in [-0.4, -0.2) is 27.8 Å². The number of carbonyl (C=O) groups excluding carboxylic acids is 1. The second-order valence-corrected chi connectivity index (χ2v) is 8.52. The first-order chi connectivity index (χ1) is 13.8. The first kappa shape index (κ1) is 19.8. The van der Waals surface area contributed by atoms with Gasteiger partial charge >= 0.3 is 5.97 Å². The highest BCUT2D eigenvalue weighted by molar-refractivity contribution is 5.82. The summed E-state index contributed by atoms with van der Waals surface area (Å²) in [6.45, 7) is 6.09. The molecule has 4 rings (SSSR count). The zero-order valence-corrected chi connectivity index (χ0v) is 16.9. The first-order valence-electron chi connectivity index (χ1n) is 10.1. The van der Waals surface area contributed by atoms with Crippen LogP contribution in [0.4, 0.5) is 4.39 Å². The average Bonchev–Trinajstić information content (AvgIpc) is 2.91. The summed E-state index contributed by atoms with van der Waals surface area (Å²) < 4.78 is 18.8. The Morgan fingerprint density at radius 1 is 1.21 bits per heavy atom. The molecule has 4 nitrogen and oxygen atoms in total. The number of nitrogens with zero attached hydrogens (tertiary/aromatic N) is 1.